The van der Waals surface area contributed by atoms with Crippen molar-refractivity contribution in [2.75, 3.05) is 0 Å². The average Bonchev–Trinajstić information content (AvgIpc) is 2.73. The summed E-state index contributed by atoms with van der Waals surface area (Å²) in [5, 5.41) is 7.05. The van der Waals surface area contributed by atoms with Gasteiger partial charge in [0.05, 0.1) is 0 Å². The highest BCUT2D eigenvalue weighted by molar-refractivity contribution is 6.66. The van der Waals surface area contributed by atoms with E-state index in [0.717, 1.165) is 0 Å². The molecule has 1 heterocycles. The highest BCUT2D eigenvalue weighted by Gasteiger charge is 2.06. The summed E-state index contributed by atoms with van der Waals surface area (Å²) in [6.45, 7) is 0. The van der Waals surface area contributed by atoms with Crippen molar-refractivity contribution in [3.63, 3.8) is 0 Å². The number of nitrogens with one attached hydrogen (secondary N) is 1. The summed E-state index contributed by atoms with van der Waals surface area (Å²) in [6.07, 6.45) is 2.61. The van der Waals surface area contributed by atoms with Crippen molar-refractivity contribution in [2.45, 2.75) is 0 Å². The van der Waals surface area contributed by atoms with Crippen molar-refractivity contribution >= 4 is 46.1 Å². The van der Waals surface area contributed by atoms with Crippen molar-refractivity contribution < 1.29 is 4.79 Å². The summed E-state index contributed by atoms with van der Waals surface area (Å²) < 4.78 is 0. The molecule has 18 heavy (non-hydrogen) atoms. The number of aromatic amines is 1. The highest BCUT2D eigenvalue weighted by Crippen LogP contribution is 2.24. The molecule has 0 aliphatic rings. The van der Waals surface area contributed by atoms with Crippen LogP contribution in [-0.4, -0.2) is 20.4 Å². The van der Waals surface area contributed by atoms with E-state index < -0.39 is 5.24 Å². The van der Waals surface area contributed by atoms with Gasteiger partial charge in [0.15, 0.2) is 5.82 Å². The molecule has 7 heteroatoms. The summed E-state index contributed by atoms with van der Waals surface area (Å²) in [4.78, 5) is 14.7. The molecule has 0 unspecified atom stereocenters. The number of hydrogen-bond donors (Lipinski definition) is 1. The van der Waals surface area contributed by atoms with Gasteiger partial charge in [0.25, 0.3) is 0 Å². The lowest BCUT2D eigenvalue weighted by Crippen LogP contribution is -1.81. The zero-order valence-electron chi connectivity index (χ0n) is 8.82. The Morgan fingerprint density at radius 3 is 2.50 bits per heavy atom. The smallest absolute Gasteiger partial charge is 0.245 e. The monoisotopic (exact) mass is 301 g/mol. The van der Waals surface area contributed by atoms with E-state index >= 15 is 0 Å². The molecule has 2 rings (SSSR count). The third-order valence-electron chi connectivity index (χ3n) is 2.00. The van der Waals surface area contributed by atoms with Gasteiger partial charge in [-0.3, -0.25) is 9.89 Å². The molecule has 0 fully saturated rings. The number of rotatable bonds is 3. The van der Waals surface area contributed by atoms with Gasteiger partial charge < -0.3 is 0 Å². The van der Waals surface area contributed by atoms with E-state index in [9.17, 15) is 4.79 Å². The van der Waals surface area contributed by atoms with Crippen LogP contribution in [0.15, 0.2) is 24.3 Å². The molecule has 0 saturated carbocycles. The summed E-state index contributed by atoms with van der Waals surface area (Å²) in [5.74, 6) is 0.844. The third-order valence-corrected chi connectivity index (χ3v) is 2.56. The van der Waals surface area contributed by atoms with Crippen LogP contribution in [0.5, 0.6) is 0 Å². The van der Waals surface area contributed by atoms with Gasteiger partial charge >= 0.3 is 0 Å². The summed E-state index contributed by atoms with van der Waals surface area (Å²) in [5.41, 5.74) is 0.681. The Balaban J connectivity index is 2.32. The first kappa shape index (κ1) is 13.1. The largest absolute Gasteiger partial charge is 0.276 e. The molecule has 1 aromatic carbocycles. The van der Waals surface area contributed by atoms with Crippen LogP contribution < -0.4 is 0 Å². The molecule has 4 nitrogen and oxygen atoms in total. The van der Waals surface area contributed by atoms with Crippen LogP contribution in [0.4, 0.5) is 0 Å². The van der Waals surface area contributed by atoms with Gasteiger partial charge in [-0.2, -0.15) is 5.10 Å². The van der Waals surface area contributed by atoms with Crippen LogP contribution in [-0.2, 0) is 4.79 Å². The molecule has 1 N–H and O–H groups in total. The fraction of sp³-hybridized carbons (Fsp3) is 0. The third kappa shape index (κ3) is 3.32. The van der Waals surface area contributed by atoms with Crippen molar-refractivity contribution in [3.05, 3.63) is 40.1 Å². The fourth-order valence-corrected chi connectivity index (χ4v) is 1.89. The van der Waals surface area contributed by atoms with Crippen molar-refractivity contribution in [1.29, 1.82) is 0 Å². The second-order valence-corrected chi connectivity index (χ2v) is 4.59. The number of halogens is 3. The molecule has 0 radical (unpaired) electrons. The molecule has 0 bridgehead atoms. The number of carbonyl (C=O) groups excluding carboxylic acids is 1. The van der Waals surface area contributed by atoms with E-state index in [1.165, 1.54) is 12.2 Å². The molecule has 0 aliphatic heterocycles. The number of benzene rings is 1. The van der Waals surface area contributed by atoms with E-state index in [1.807, 2.05) is 0 Å². The van der Waals surface area contributed by atoms with Crippen LogP contribution >= 0.6 is 34.8 Å². The standard InChI is InChI=1S/C11H6Cl3N3O/c12-7-3-6(4-8(13)5-7)11-15-10(16-17-11)2-1-9(14)18/h1-5H,(H,15,16,17)/b2-1-. The SMILES string of the molecule is O=C(Cl)/C=C\c1nc(-c2cc(Cl)cc(Cl)c2)n[nH]1. The van der Waals surface area contributed by atoms with Crippen LogP contribution in [0, 0.1) is 0 Å². The number of aromatic nitrogens is 3. The minimum Gasteiger partial charge on any atom is -0.276 e. The maximum Gasteiger partial charge on any atom is 0.245 e. The average molecular weight is 303 g/mol. The first-order valence-electron chi connectivity index (χ1n) is 4.81. The summed E-state index contributed by atoms with van der Waals surface area (Å²) in [6, 6.07) is 5.00. The zero-order chi connectivity index (χ0) is 13.1. The lowest BCUT2D eigenvalue weighted by molar-refractivity contribution is -0.107. The van der Waals surface area contributed by atoms with E-state index in [4.69, 9.17) is 34.8 Å². The molecular formula is C11H6Cl3N3O. The van der Waals surface area contributed by atoms with Gasteiger partial charge in [-0.15, -0.1) is 0 Å². The molecule has 1 aromatic heterocycles. The Hall–Kier alpha value is -1.36. The second-order valence-electron chi connectivity index (χ2n) is 3.34. The van der Waals surface area contributed by atoms with Crippen molar-refractivity contribution in [3.8, 4) is 11.4 Å². The van der Waals surface area contributed by atoms with Gasteiger partial charge in [0.2, 0.25) is 5.24 Å². The minimum atomic E-state index is -0.584. The number of hydrogen-bond acceptors (Lipinski definition) is 3. The number of nitrogens with zero attached hydrogens (tertiary/aromatic N) is 2. The normalized spacial score (nSPS) is 11.1. The predicted octanol–water partition coefficient (Wildman–Crippen LogP) is 3.56. The van der Waals surface area contributed by atoms with Crippen LogP contribution in [0.25, 0.3) is 17.5 Å². The Bertz CT molecular complexity index is 601. The van der Waals surface area contributed by atoms with Crippen molar-refractivity contribution in [2.24, 2.45) is 0 Å². The van der Waals surface area contributed by atoms with Crippen LogP contribution in [0.1, 0.15) is 5.82 Å². The quantitative estimate of drug-likeness (QED) is 0.696. The first-order valence-corrected chi connectivity index (χ1v) is 5.94. The Morgan fingerprint density at radius 1 is 1.22 bits per heavy atom. The molecule has 0 spiro atoms. The lowest BCUT2D eigenvalue weighted by Gasteiger charge is -1.97. The molecule has 0 saturated heterocycles. The van der Waals surface area contributed by atoms with E-state index in [1.54, 1.807) is 18.2 Å². The Morgan fingerprint density at radius 2 is 1.89 bits per heavy atom. The summed E-state index contributed by atoms with van der Waals surface area (Å²) in [7, 11) is 0. The van der Waals surface area contributed by atoms with Crippen LogP contribution in [0.3, 0.4) is 0 Å². The highest BCUT2D eigenvalue weighted by atomic mass is 35.5. The minimum absolute atomic E-state index is 0.412. The fourth-order valence-electron chi connectivity index (χ4n) is 1.31. The second kappa shape index (κ2) is 5.52. The molecular weight excluding hydrogens is 297 g/mol. The van der Waals surface area contributed by atoms with Crippen molar-refractivity contribution in [1.82, 2.24) is 15.2 Å². The van der Waals surface area contributed by atoms with Gasteiger partial charge in [-0.25, -0.2) is 4.98 Å². The Kier molecular flexibility index (Phi) is 4.01. The van der Waals surface area contributed by atoms with Gasteiger partial charge in [-0.05, 0) is 35.9 Å². The predicted molar refractivity (Wildman–Crippen MR) is 71.7 cm³/mol. The first-order chi connectivity index (χ1) is 8.54. The molecule has 0 atom stereocenters. The summed E-state index contributed by atoms with van der Waals surface area (Å²) >= 11 is 16.9. The maximum absolute atomic E-state index is 10.6. The molecule has 0 amide bonds. The number of allylic oxidation sites excluding steroid dienone is 1. The Labute approximate surface area is 118 Å². The topological polar surface area (TPSA) is 58.6 Å². The van der Waals surface area contributed by atoms with Gasteiger partial charge in [0.1, 0.15) is 5.82 Å². The van der Waals surface area contributed by atoms with Crippen LogP contribution in [0.2, 0.25) is 10.0 Å². The lowest BCUT2D eigenvalue weighted by atomic mass is 10.2. The zero-order valence-corrected chi connectivity index (χ0v) is 11.1. The molecule has 2 aromatic rings. The van der Waals surface area contributed by atoms with E-state index in [0.29, 0.717) is 27.3 Å². The molecule has 92 valence electrons. The van der Waals surface area contributed by atoms with Gasteiger partial charge in [-0.1, -0.05) is 23.2 Å². The maximum atomic E-state index is 10.6. The van der Waals surface area contributed by atoms with Gasteiger partial charge in [0, 0.05) is 21.7 Å². The van der Waals surface area contributed by atoms with E-state index in [-0.39, 0.29) is 0 Å². The number of carbonyl (C=O) groups is 1. The number of H-pyrrole nitrogens is 1. The van der Waals surface area contributed by atoms with E-state index in [2.05, 4.69) is 15.2 Å². The molecule has 0 aliphatic carbocycles.